The molecule has 0 radical (unpaired) electrons. The largest absolute Gasteiger partial charge is 0.497 e. The van der Waals surface area contributed by atoms with Gasteiger partial charge in [-0.15, -0.1) is 0 Å². The maximum absolute atomic E-state index is 14.4. The first-order valence-corrected chi connectivity index (χ1v) is 16.0. The summed E-state index contributed by atoms with van der Waals surface area (Å²) in [6.45, 7) is 4.61. The molecule has 1 atom stereocenters. The highest BCUT2D eigenvalue weighted by molar-refractivity contribution is 7.92. The summed E-state index contributed by atoms with van der Waals surface area (Å²) in [5, 5.41) is 2.95. The molecular weight excluding hydrogens is 612 g/mol. The lowest BCUT2D eigenvalue weighted by Gasteiger charge is -2.35. The minimum Gasteiger partial charge on any atom is -0.497 e. The molecule has 46 heavy (non-hydrogen) atoms. The van der Waals surface area contributed by atoms with Crippen molar-refractivity contribution < 1.29 is 31.5 Å². The Morgan fingerprint density at radius 1 is 0.804 bits per heavy atom. The first-order valence-electron chi connectivity index (χ1n) is 14.6. The average Bonchev–Trinajstić information content (AvgIpc) is 3.02. The second kappa shape index (κ2) is 14.6. The van der Waals surface area contributed by atoms with Crippen LogP contribution in [0.4, 0.5) is 14.5 Å². The fourth-order valence-corrected chi connectivity index (χ4v) is 6.22. The first kappa shape index (κ1) is 34.1. The molecule has 0 fully saturated rings. The number of nitrogens with one attached hydrogen (secondary N) is 1. The van der Waals surface area contributed by atoms with Crippen LogP contribution in [0.15, 0.2) is 108 Å². The Bertz CT molecular complexity index is 1730. The predicted molar refractivity (Wildman–Crippen MR) is 173 cm³/mol. The van der Waals surface area contributed by atoms with Gasteiger partial charge in [0.15, 0.2) is 0 Å². The van der Waals surface area contributed by atoms with Gasteiger partial charge in [-0.2, -0.15) is 0 Å². The molecule has 0 aromatic heterocycles. The number of carbonyl (C=O) groups is 2. The summed E-state index contributed by atoms with van der Waals surface area (Å²) in [7, 11) is -2.93. The van der Waals surface area contributed by atoms with Crippen LogP contribution in [0.3, 0.4) is 0 Å². The quantitative estimate of drug-likeness (QED) is 0.212. The molecule has 0 spiro atoms. The van der Waals surface area contributed by atoms with Crippen LogP contribution in [0.2, 0.25) is 0 Å². The molecular formula is C35H37F2N3O5S. The van der Waals surface area contributed by atoms with Crippen LogP contribution in [0.1, 0.15) is 31.9 Å². The lowest BCUT2D eigenvalue weighted by molar-refractivity contribution is -0.140. The Morgan fingerprint density at radius 2 is 1.37 bits per heavy atom. The fourth-order valence-electron chi connectivity index (χ4n) is 4.80. The highest BCUT2D eigenvalue weighted by Crippen LogP contribution is 2.27. The highest BCUT2D eigenvalue weighted by Gasteiger charge is 2.35. The number of hydrogen-bond acceptors (Lipinski definition) is 5. The van der Waals surface area contributed by atoms with Crippen molar-refractivity contribution >= 4 is 27.5 Å². The molecule has 0 aliphatic heterocycles. The minimum absolute atomic E-state index is 0.0473. The molecule has 0 saturated heterocycles. The first-order chi connectivity index (χ1) is 21.8. The lowest BCUT2D eigenvalue weighted by Crippen LogP contribution is -2.56. The number of rotatable bonds is 12. The second-order valence-electron chi connectivity index (χ2n) is 11.8. The van der Waals surface area contributed by atoms with Crippen molar-refractivity contribution in [3.8, 4) is 5.75 Å². The molecule has 4 aromatic rings. The number of carbonyl (C=O) groups excluding carboxylic acids is 2. The Labute approximate surface area is 268 Å². The van der Waals surface area contributed by atoms with Crippen LogP contribution >= 0.6 is 0 Å². The molecule has 4 aromatic carbocycles. The van der Waals surface area contributed by atoms with Crippen LogP contribution in [-0.2, 0) is 32.6 Å². The number of hydrogen-bond donors (Lipinski definition) is 1. The van der Waals surface area contributed by atoms with Crippen molar-refractivity contribution in [3.05, 3.63) is 126 Å². The summed E-state index contributed by atoms with van der Waals surface area (Å²) in [5.41, 5.74) is 0.706. The van der Waals surface area contributed by atoms with Crippen molar-refractivity contribution in [2.24, 2.45) is 0 Å². The van der Waals surface area contributed by atoms with E-state index in [1.54, 1.807) is 0 Å². The Kier molecular flexibility index (Phi) is 10.8. The normalized spacial score (nSPS) is 12.2. The molecule has 4 rings (SSSR count). The van der Waals surface area contributed by atoms with Gasteiger partial charge in [-0.05, 0) is 92.6 Å². The van der Waals surface area contributed by atoms with E-state index >= 15 is 0 Å². The molecule has 11 heteroatoms. The molecule has 1 N–H and O–H groups in total. The number of benzene rings is 4. The number of amides is 2. The number of sulfonamides is 1. The molecule has 2 amide bonds. The lowest BCUT2D eigenvalue weighted by atomic mass is 10.0. The monoisotopic (exact) mass is 649 g/mol. The summed E-state index contributed by atoms with van der Waals surface area (Å²) in [6.07, 6.45) is 0.122. The van der Waals surface area contributed by atoms with Crippen molar-refractivity contribution in [1.29, 1.82) is 0 Å². The second-order valence-corrected chi connectivity index (χ2v) is 13.6. The topological polar surface area (TPSA) is 96.0 Å². The van der Waals surface area contributed by atoms with Crippen molar-refractivity contribution in [3.63, 3.8) is 0 Å². The molecule has 0 bridgehead atoms. The zero-order chi connectivity index (χ0) is 33.5. The maximum Gasteiger partial charge on any atom is 0.264 e. The van der Waals surface area contributed by atoms with Crippen LogP contribution in [0.5, 0.6) is 5.75 Å². The van der Waals surface area contributed by atoms with Gasteiger partial charge in [0, 0.05) is 18.5 Å². The van der Waals surface area contributed by atoms with E-state index in [0.29, 0.717) is 11.3 Å². The summed E-state index contributed by atoms with van der Waals surface area (Å²) >= 11 is 0. The molecule has 0 heterocycles. The van der Waals surface area contributed by atoms with Crippen LogP contribution in [0.25, 0.3) is 0 Å². The Hall–Kier alpha value is -4.77. The van der Waals surface area contributed by atoms with Crippen molar-refractivity contribution in [2.75, 3.05) is 18.0 Å². The van der Waals surface area contributed by atoms with Crippen LogP contribution < -0.4 is 14.4 Å². The summed E-state index contributed by atoms with van der Waals surface area (Å²) in [5.74, 6) is -1.77. The van der Waals surface area contributed by atoms with Gasteiger partial charge in [0.05, 0.1) is 17.7 Å². The predicted octanol–water partition coefficient (Wildman–Crippen LogP) is 5.72. The van der Waals surface area contributed by atoms with Gasteiger partial charge < -0.3 is 15.0 Å². The zero-order valence-electron chi connectivity index (χ0n) is 26.1. The number of methoxy groups -OCH3 is 1. The summed E-state index contributed by atoms with van der Waals surface area (Å²) in [4.78, 5) is 29.5. The third-order valence-corrected chi connectivity index (χ3v) is 8.86. The standard InChI is InChI=1S/C35H37F2N3O5S/c1-35(2,3)38-34(42)32(22-25-8-6-5-7-9-25)39(23-26-10-12-27(36)13-11-26)33(41)24-40(29-16-14-28(37)15-17-29)46(43,44)31-20-18-30(45-4)19-21-31/h5-21,32H,22-24H2,1-4H3,(H,38,42). The van der Waals surface area contributed by atoms with E-state index in [2.05, 4.69) is 5.32 Å². The maximum atomic E-state index is 14.4. The van der Waals surface area contributed by atoms with Crippen LogP contribution in [-0.4, -0.2) is 50.4 Å². The average molecular weight is 650 g/mol. The Morgan fingerprint density at radius 3 is 1.91 bits per heavy atom. The van der Waals surface area contributed by atoms with Gasteiger partial charge in [0.1, 0.15) is 30.0 Å². The van der Waals surface area contributed by atoms with E-state index in [-0.39, 0.29) is 23.5 Å². The van der Waals surface area contributed by atoms with E-state index in [0.717, 1.165) is 22.0 Å². The van der Waals surface area contributed by atoms with E-state index < -0.39 is 51.6 Å². The molecule has 1 unspecified atom stereocenters. The number of halogens is 2. The Balaban J connectivity index is 1.81. The molecule has 0 aliphatic carbocycles. The highest BCUT2D eigenvalue weighted by atomic mass is 32.2. The van der Waals surface area contributed by atoms with E-state index in [1.165, 1.54) is 72.7 Å². The number of ether oxygens (including phenoxy) is 1. The number of anilines is 1. The summed E-state index contributed by atoms with van der Waals surface area (Å²) < 4.78 is 61.9. The fraction of sp³-hybridized carbons (Fsp3) is 0.257. The van der Waals surface area contributed by atoms with Crippen molar-refractivity contribution in [2.45, 2.75) is 50.2 Å². The molecule has 242 valence electrons. The van der Waals surface area contributed by atoms with Crippen molar-refractivity contribution in [1.82, 2.24) is 10.2 Å². The van der Waals surface area contributed by atoms with E-state index in [4.69, 9.17) is 4.74 Å². The molecule has 8 nitrogen and oxygen atoms in total. The third-order valence-electron chi connectivity index (χ3n) is 7.08. The van der Waals surface area contributed by atoms with E-state index in [1.807, 2.05) is 51.1 Å². The SMILES string of the molecule is COc1ccc(S(=O)(=O)N(CC(=O)N(Cc2ccc(F)cc2)C(Cc2ccccc2)C(=O)NC(C)(C)C)c2ccc(F)cc2)cc1. The van der Waals surface area contributed by atoms with Crippen LogP contribution in [0, 0.1) is 11.6 Å². The van der Waals surface area contributed by atoms with Gasteiger partial charge in [0.2, 0.25) is 11.8 Å². The molecule has 0 aliphatic rings. The number of nitrogens with zero attached hydrogens (tertiary/aromatic N) is 2. The molecule has 0 saturated carbocycles. The van der Waals surface area contributed by atoms with E-state index in [9.17, 15) is 26.8 Å². The third kappa shape index (κ3) is 8.91. The van der Waals surface area contributed by atoms with Gasteiger partial charge in [-0.25, -0.2) is 17.2 Å². The van der Waals surface area contributed by atoms with Gasteiger partial charge in [-0.3, -0.25) is 13.9 Å². The smallest absolute Gasteiger partial charge is 0.264 e. The van der Waals surface area contributed by atoms with Gasteiger partial charge in [0.25, 0.3) is 10.0 Å². The minimum atomic E-state index is -4.37. The van der Waals surface area contributed by atoms with Gasteiger partial charge in [-0.1, -0.05) is 42.5 Å². The summed E-state index contributed by atoms with van der Waals surface area (Å²) in [6, 6.07) is 23.9. The van der Waals surface area contributed by atoms with Gasteiger partial charge >= 0.3 is 0 Å². The zero-order valence-corrected chi connectivity index (χ0v) is 26.9.